The van der Waals surface area contributed by atoms with Crippen LogP contribution in [0.5, 0.6) is 0 Å². The Morgan fingerprint density at radius 2 is 1.25 bits per heavy atom. The van der Waals surface area contributed by atoms with Gasteiger partial charge in [0, 0.05) is 13.2 Å². The van der Waals surface area contributed by atoms with Gasteiger partial charge in [-0.3, -0.25) is 0 Å². The summed E-state index contributed by atoms with van der Waals surface area (Å²) in [7, 11) is 0. The molecular formula is C4H10BeCl2O. The van der Waals surface area contributed by atoms with E-state index in [1.807, 2.05) is 13.8 Å². The van der Waals surface area contributed by atoms with Crippen molar-refractivity contribution in [3.8, 4) is 0 Å². The fourth-order valence-corrected chi connectivity index (χ4v) is 0.204. The van der Waals surface area contributed by atoms with E-state index in [4.69, 9.17) is 4.74 Å². The Morgan fingerprint density at radius 1 is 1.00 bits per heavy atom. The second-order valence-electron chi connectivity index (χ2n) is 0.781. The first-order chi connectivity index (χ1) is 2.41. The summed E-state index contributed by atoms with van der Waals surface area (Å²) >= 11 is 0. The molecule has 48 valence electrons. The SMILES string of the molecule is CCOCC.[Be+2].[Cl-].[Cl-]. The van der Waals surface area contributed by atoms with E-state index in [0.29, 0.717) is 0 Å². The molecule has 4 heteroatoms. The molecule has 0 aliphatic rings. The zero-order valence-electron chi connectivity index (χ0n) is 5.29. The van der Waals surface area contributed by atoms with E-state index in [2.05, 4.69) is 0 Å². The molecule has 0 rings (SSSR count). The number of ether oxygens (including phenoxy) is 1. The smallest absolute Gasteiger partial charge is 1.00 e. The van der Waals surface area contributed by atoms with Crippen LogP contribution in [-0.4, -0.2) is 23.3 Å². The van der Waals surface area contributed by atoms with Crippen LogP contribution in [0.15, 0.2) is 0 Å². The zero-order chi connectivity index (χ0) is 4.12. The van der Waals surface area contributed by atoms with Crippen LogP contribution in [0.1, 0.15) is 13.8 Å². The predicted molar refractivity (Wildman–Crippen MR) is 27.9 cm³/mol. The van der Waals surface area contributed by atoms with Crippen molar-refractivity contribution in [3.63, 3.8) is 0 Å². The molecule has 0 atom stereocenters. The van der Waals surface area contributed by atoms with Crippen LogP contribution in [0.3, 0.4) is 0 Å². The number of hydrogen-bond donors (Lipinski definition) is 0. The van der Waals surface area contributed by atoms with Crippen molar-refractivity contribution in [2.24, 2.45) is 0 Å². The van der Waals surface area contributed by atoms with Crippen LogP contribution in [0.25, 0.3) is 0 Å². The first-order valence-corrected chi connectivity index (χ1v) is 1.99. The minimum Gasteiger partial charge on any atom is -1.00 e. The monoisotopic (exact) mass is 153 g/mol. The summed E-state index contributed by atoms with van der Waals surface area (Å²) in [6.07, 6.45) is 0. The quantitative estimate of drug-likeness (QED) is 0.361. The maximum absolute atomic E-state index is 4.83. The van der Waals surface area contributed by atoms with Gasteiger partial charge in [0.05, 0.1) is 0 Å². The maximum atomic E-state index is 4.83. The van der Waals surface area contributed by atoms with Gasteiger partial charge in [0.25, 0.3) is 0 Å². The average Bonchev–Trinajstić information content (AvgIpc) is 1.41. The molecule has 0 N–H and O–H groups in total. The van der Waals surface area contributed by atoms with Crippen molar-refractivity contribution in [1.82, 2.24) is 0 Å². The van der Waals surface area contributed by atoms with E-state index in [1.54, 1.807) is 0 Å². The second-order valence-corrected chi connectivity index (χ2v) is 0.781. The molecule has 1 nitrogen and oxygen atoms in total. The Morgan fingerprint density at radius 3 is 1.25 bits per heavy atom. The van der Waals surface area contributed by atoms with Gasteiger partial charge in [-0.15, -0.1) is 0 Å². The zero-order valence-corrected chi connectivity index (χ0v) is 6.80. The van der Waals surface area contributed by atoms with Crippen LogP contribution >= 0.6 is 0 Å². The van der Waals surface area contributed by atoms with Gasteiger partial charge in [0.1, 0.15) is 0 Å². The summed E-state index contributed by atoms with van der Waals surface area (Å²) in [6, 6.07) is 0. The number of rotatable bonds is 2. The fourth-order valence-electron chi connectivity index (χ4n) is 0.204. The largest absolute Gasteiger partial charge is 2.00 e. The van der Waals surface area contributed by atoms with E-state index in [-0.39, 0.29) is 34.9 Å². The van der Waals surface area contributed by atoms with Crippen LogP contribution in [0.4, 0.5) is 0 Å². The third kappa shape index (κ3) is 29.8. The van der Waals surface area contributed by atoms with Crippen molar-refractivity contribution in [3.05, 3.63) is 0 Å². The topological polar surface area (TPSA) is 9.23 Å². The Hall–Kier alpha value is 0.709. The molecule has 0 saturated heterocycles. The summed E-state index contributed by atoms with van der Waals surface area (Å²) in [5.41, 5.74) is 0. The molecule has 0 aliphatic heterocycles. The molecule has 0 bridgehead atoms. The van der Waals surface area contributed by atoms with E-state index in [1.165, 1.54) is 0 Å². The summed E-state index contributed by atoms with van der Waals surface area (Å²) in [5.74, 6) is 0. The Balaban J connectivity index is -0.0000000267. The Labute approximate surface area is 67.2 Å². The van der Waals surface area contributed by atoms with Gasteiger partial charge >= 0.3 is 10.1 Å². The molecule has 8 heavy (non-hydrogen) atoms. The first-order valence-electron chi connectivity index (χ1n) is 1.99. The first kappa shape index (κ1) is 23.3. The van der Waals surface area contributed by atoms with Crippen LogP contribution in [-0.2, 0) is 4.74 Å². The van der Waals surface area contributed by atoms with Crippen LogP contribution < -0.4 is 24.8 Å². The number of halogens is 2. The molecule has 0 aliphatic carbocycles. The van der Waals surface area contributed by atoms with Gasteiger partial charge in [-0.05, 0) is 13.8 Å². The fraction of sp³-hybridized carbons (Fsp3) is 1.00. The van der Waals surface area contributed by atoms with Crippen LogP contribution in [0.2, 0.25) is 0 Å². The summed E-state index contributed by atoms with van der Waals surface area (Å²) in [6.45, 7) is 5.67. The molecule has 0 amide bonds. The van der Waals surface area contributed by atoms with E-state index in [0.717, 1.165) is 13.2 Å². The molecule has 0 unspecified atom stereocenters. The van der Waals surface area contributed by atoms with Gasteiger partial charge in [-0.25, -0.2) is 0 Å². The van der Waals surface area contributed by atoms with E-state index >= 15 is 0 Å². The summed E-state index contributed by atoms with van der Waals surface area (Å²) in [5, 5.41) is 0. The molecule has 0 fully saturated rings. The van der Waals surface area contributed by atoms with Gasteiger partial charge in [0.2, 0.25) is 0 Å². The molecule has 0 aromatic rings. The average molecular weight is 154 g/mol. The molecular weight excluding hydrogens is 144 g/mol. The minimum atomic E-state index is 0. The van der Waals surface area contributed by atoms with E-state index in [9.17, 15) is 0 Å². The van der Waals surface area contributed by atoms with Crippen molar-refractivity contribution in [2.45, 2.75) is 13.8 Å². The van der Waals surface area contributed by atoms with Crippen molar-refractivity contribution < 1.29 is 29.6 Å². The normalized spacial score (nSPS) is 5.25. The van der Waals surface area contributed by atoms with Gasteiger partial charge in [-0.1, -0.05) is 0 Å². The standard InChI is InChI=1S/C4H10O.Be.2ClH/c1-3-5-4-2;;;/h3-4H2,1-2H3;;2*1H/q;+2;;/p-2. The minimum absolute atomic E-state index is 0. The molecule has 0 spiro atoms. The third-order valence-electron chi connectivity index (χ3n) is 0.408. The van der Waals surface area contributed by atoms with E-state index < -0.39 is 0 Å². The summed E-state index contributed by atoms with van der Waals surface area (Å²) in [4.78, 5) is 0. The molecule has 0 aromatic heterocycles. The van der Waals surface area contributed by atoms with Crippen molar-refractivity contribution in [1.29, 1.82) is 0 Å². The third-order valence-corrected chi connectivity index (χ3v) is 0.408. The molecule has 0 aromatic carbocycles. The Kier molecular flexibility index (Phi) is 73.6. The maximum Gasteiger partial charge on any atom is 2.00 e. The summed E-state index contributed by atoms with van der Waals surface area (Å²) < 4.78 is 4.83. The van der Waals surface area contributed by atoms with Crippen molar-refractivity contribution >= 4 is 10.1 Å². The molecule has 0 radical (unpaired) electrons. The van der Waals surface area contributed by atoms with Gasteiger partial charge < -0.3 is 29.6 Å². The van der Waals surface area contributed by atoms with Gasteiger partial charge in [-0.2, -0.15) is 0 Å². The molecule has 0 saturated carbocycles. The molecule has 0 heterocycles. The predicted octanol–water partition coefficient (Wildman–Crippen LogP) is -5.33. The second kappa shape index (κ2) is 25.2. The number of hydrogen-bond acceptors (Lipinski definition) is 1. The van der Waals surface area contributed by atoms with Crippen molar-refractivity contribution in [2.75, 3.05) is 13.2 Å². The van der Waals surface area contributed by atoms with Crippen LogP contribution in [0, 0.1) is 0 Å². The van der Waals surface area contributed by atoms with Gasteiger partial charge in [0.15, 0.2) is 0 Å². The Bertz CT molecular complexity index is 21.5.